The zero-order valence-corrected chi connectivity index (χ0v) is 13.7. The van der Waals surface area contributed by atoms with Gasteiger partial charge >= 0.3 is 0 Å². The van der Waals surface area contributed by atoms with Crippen LogP contribution in [0.3, 0.4) is 0 Å². The molecule has 2 heterocycles. The SMILES string of the molecule is C[NH+]1CCN(c2ccc([N+](=O)[O-])c(NCc3cccnc3)c2)CC1. The maximum atomic E-state index is 11.3. The minimum absolute atomic E-state index is 0.0994. The molecule has 2 aromatic rings. The third kappa shape index (κ3) is 3.80. The van der Waals surface area contributed by atoms with Crippen molar-refractivity contribution in [3.63, 3.8) is 0 Å². The molecule has 0 spiro atoms. The molecule has 24 heavy (non-hydrogen) atoms. The molecule has 7 heteroatoms. The number of rotatable bonds is 5. The molecule has 0 unspecified atom stereocenters. The highest BCUT2D eigenvalue weighted by Crippen LogP contribution is 2.30. The van der Waals surface area contributed by atoms with E-state index in [0.29, 0.717) is 12.2 Å². The van der Waals surface area contributed by atoms with E-state index in [9.17, 15) is 10.1 Å². The smallest absolute Gasteiger partial charge is 0.292 e. The first-order valence-corrected chi connectivity index (χ1v) is 8.11. The van der Waals surface area contributed by atoms with Gasteiger partial charge in [0.15, 0.2) is 0 Å². The van der Waals surface area contributed by atoms with Crippen LogP contribution in [-0.4, -0.2) is 43.1 Å². The van der Waals surface area contributed by atoms with Crippen molar-refractivity contribution in [2.75, 3.05) is 43.4 Å². The number of hydrogen-bond acceptors (Lipinski definition) is 5. The van der Waals surface area contributed by atoms with E-state index >= 15 is 0 Å². The lowest BCUT2D eigenvalue weighted by Crippen LogP contribution is -3.12. The third-order valence-electron chi connectivity index (χ3n) is 4.36. The van der Waals surface area contributed by atoms with Crippen molar-refractivity contribution in [3.8, 4) is 0 Å². The molecule has 2 N–H and O–H groups in total. The molecule has 0 atom stereocenters. The lowest BCUT2D eigenvalue weighted by atomic mass is 10.2. The fourth-order valence-corrected chi connectivity index (χ4v) is 2.87. The van der Waals surface area contributed by atoms with Crippen LogP contribution in [0.2, 0.25) is 0 Å². The first kappa shape index (κ1) is 16.2. The number of anilines is 2. The summed E-state index contributed by atoms with van der Waals surface area (Å²) in [6, 6.07) is 9.11. The molecule has 1 aromatic carbocycles. The number of piperazine rings is 1. The van der Waals surface area contributed by atoms with Gasteiger partial charge in [0, 0.05) is 30.7 Å². The van der Waals surface area contributed by atoms with E-state index in [0.717, 1.165) is 37.4 Å². The summed E-state index contributed by atoms with van der Waals surface area (Å²) in [5, 5.41) is 14.5. The van der Waals surface area contributed by atoms with Gasteiger partial charge in [-0.15, -0.1) is 0 Å². The predicted octanol–water partition coefficient (Wildman–Crippen LogP) is 0.937. The maximum absolute atomic E-state index is 11.3. The van der Waals surface area contributed by atoms with Crippen molar-refractivity contribution < 1.29 is 9.82 Å². The van der Waals surface area contributed by atoms with Crippen LogP contribution < -0.4 is 15.1 Å². The summed E-state index contributed by atoms with van der Waals surface area (Å²) in [7, 11) is 2.19. The molecule has 7 nitrogen and oxygen atoms in total. The monoisotopic (exact) mass is 328 g/mol. The Morgan fingerprint density at radius 1 is 1.33 bits per heavy atom. The molecule has 1 aliphatic rings. The van der Waals surface area contributed by atoms with Gasteiger partial charge in [-0.05, 0) is 23.8 Å². The number of quaternary nitrogens is 1. The van der Waals surface area contributed by atoms with Gasteiger partial charge in [-0.1, -0.05) is 6.07 Å². The van der Waals surface area contributed by atoms with E-state index in [2.05, 4.69) is 22.2 Å². The minimum Gasteiger partial charge on any atom is -0.375 e. The van der Waals surface area contributed by atoms with E-state index in [4.69, 9.17) is 0 Å². The fraction of sp³-hybridized carbons (Fsp3) is 0.353. The molecule has 1 saturated heterocycles. The van der Waals surface area contributed by atoms with E-state index in [-0.39, 0.29) is 10.6 Å². The second kappa shape index (κ2) is 7.27. The van der Waals surface area contributed by atoms with Crippen LogP contribution >= 0.6 is 0 Å². The average Bonchev–Trinajstić information content (AvgIpc) is 2.61. The van der Waals surface area contributed by atoms with Crippen LogP contribution in [0.15, 0.2) is 42.7 Å². The Balaban J connectivity index is 1.79. The molecule has 3 rings (SSSR count). The van der Waals surface area contributed by atoms with Crippen molar-refractivity contribution in [2.24, 2.45) is 0 Å². The number of nitrogens with zero attached hydrogens (tertiary/aromatic N) is 3. The van der Waals surface area contributed by atoms with Gasteiger partial charge in [0.25, 0.3) is 5.69 Å². The molecule has 126 valence electrons. The van der Waals surface area contributed by atoms with Gasteiger partial charge in [-0.25, -0.2) is 0 Å². The molecule has 1 fully saturated rings. The molecule has 0 amide bonds. The third-order valence-corrected chi connectivity index (χ3v) is 4.36. The fourth-order valence-electron chi connectivity index (χ4n) is 2.87. The van der Waals surface area contributed by atoms with Crippen LogP contribution in [0.1, 0.15) is 5.56 Å². The number of pyridine rings is 1. The minimum atomic E-state index is -0.344. The molecule has 0 saturated carbocycles. The lowest BCUT2D eigenvalue weighted by Gasteiger charge is -2.32. The zero-order chi connectivity index (χ0) is 16.9. The number of nitro benzene ring substituents is 1. The highest BCUT2D eigenvalue weighted by atomic mass is 16.6. The Kier molecular flexibility index (Phi) is 4.90. The highest BCUT2D eigenvalue weighted by molar-refractivity contribution is 5.69. The Bertz CT molecular complexity index is 699. The van der Waals surface area contributed by atoms with Gasteiger partial charge in [0.05, 0.1) is 38.2 Å². The van der Waals surface area contributed by atoms with Gasteiger partial charge < -0.3 is 15.1 Å². The van der Waals surface area contributed by atoms with Crippen LogP contribution in [0.25, 0.3) is 0 Å². The molecule has 1 aliphatic heterocycles. The van der Waals surface area contributed by atoms with Crippen molar-refractivity contribution >= 4 is 17.1 Å². The molecule has 0 aliphatic carbocycles. The summed E-state index contributed by atoms with van der Waals surface area (Å²) in [6.07, 6.45) is 3.47. The Labute approximate surface area is 141 Å². The summed E-state index contributed by atoms with van der Waals surface area (Å²) < 4.78 is 0. The number of benzene rings is 1. The van der Waals surface area contributed by atoms with Crippen LogP contribution in [-0.2, 0) is 6.54 Å². The second-order valence-corrected chi connectivity index (χ2v) is 6.12. The Hall–Kier alpha value is -2.67. The zero-order valence-electron chi connectivity index (χ0n) is 13.7. The summed E-state index contributed by atoms with van der Waals surface area (Å²) >= 11 is 0. The Morgan fingerprint density at radius 2 is 2.12 bits per heavy atom. The van der Waals surface area contributed by atoms with E-state index in [1.54, 1.807) is 18.5 Å². The molecule has 0 bridgehead atoms. The van der Waals surface area contributed by atoms with Crippen LogP contribution in [0.5, 0.6) is 0 Å². The van der Waals surface area contributed by atoms with Gasteiger partial charge in [-0.3, -0.25) is 15.1 Å². The first-order chi connectivity index (χ1) is 11.6. The van der Waals surface area contributed by atoms with Crippen molar-refractivity contribution in [2.45, 2.75) is 6.54 Å². The number of nitro groups is 1. The second-order valence-electron chi connectivity index (χ2n) is 6.12. The standard InChI is InChI=1S/C17H21N5O2/c1-20-7-9-21(10-8-20)15-4-5-17(22(23)24)16(11-15)19-13-14-3-2-6-18-12-14/h2-6,11-12,19H,7-10,13H2,1H3/p+1. The molecule has 1 aromatic heterocycles. The van der Waals surface area contributed by atoms with Gasteiger partial charge in [0.2, 0.25) is 0 Å². The predicted molar refractivity (Wildman–Crippen MR) is 93.5 cm³/mol. The molecule has 0 radical (unpaired) electrons. The van der Waals surface area contributed by atoms with Crippen molar-refractivity contribution in [3.05, 3.63) is 58.4 Å². The van der Waals surface area contributed by atoms with Crippen molar-refractivity contribution in [1.82, 2.24) is 4.98 Å². The molecular weight excluding hydrogens is 306 g/mol. The van der Waals surface area contributed by atoms with E-state index in [1.165, 1.54) is 4.90 Å². The largest absolute Gasteiger partial charge is 0.375 e. The number of likely N-dealkylation sites (N-methyl/N-ethyl adjacent to an activating group) is 1. The normalized spacial score (nSPS) is 15.3. The summed E-state index contributed by atoms with van der Waals surface area (Å²) in [6.45, 7) is 4.59. The highest BCUT2D eigenvalue weighted by Gasteiger charge is 2.20. The van der Waals surface area contributed by atoms with E-state index in [1.807, 2.05) is 24.3 Å². The number of aromatic nitrogens is 1. The number of hydrogen-bond donors (Lipinski definition) is 2. The van der Waals surface area contributed by atoms with Crippen LogP contribution in [0.4, 0.5) is 17.1 Å². The maximum Gasteiger partial charge on any atom is 0.292 e. The van der Waals surface area contributed by atoms with Crippen molar-refractivity contribution in [1.29, 1.82) is 0 Å². The number of nitrogens with one attached hydrogen (secondary N) is 2. The Morgan fingerprint density at radius 3 is 2.79 bits per heavy atom. The first-order valence-electron chi connectivity index (χ1n) is 8.11. The van der Waals surface area contributed by atoms with Gasteiger partial charge in [-0.2, -0.15) is 0 Å². The summed E-state index contributed by atoms with van der Waals surface area (Å²) in [4.78, 5) is 18.8. The quantitative estimate of drug-likeness (QED) is 0.631. The summed E-state index contributed by atoms with van der Waals surface area (Å²) in [5.74, 6) is 0. The average molecular weight is 328 g/mol. The molecular formula is C17H22N5O2+. The van der Waals surface area contributed by atoms with Gasteiger partial charge in [0.1, 0.15) is 5.69 Å². The topological polar surface area (TPSA) is 75.7 Å². The summed E-state index contributed by atoms with van der Waals surface area (Å²) in [5.41, 5.74) is 2.66. The van der Waals surface area contributed by atoms with Crippen LogP contribution in [0, 0.1) is 10.1 Å². The van der Waals surface area contributed by atoms with E-state index < -0.39 is 0 Å². The lowest BCUT2D eigenvalue weighted by molar-refractivity contribution is -0.880.